The van der Waals surface area contributed by atoms with Gasteiger partial charge in [-0.05, 0) is 52.3 Å². The first kappa shape index (κ1) is 24.3. The Hall–Kier alpha value is -3.52. The first-order chi connectivity index (χ1) is 19.6. The van der Waals surface area contributed by atoms with Gasteiger partial charge in [0.15, 0.2) is 6.29 Å². The lowest BCUT2D eigenvalue weighted by Crippen LogP contribution is -2.49. The van der Waals surface area contributed by atoms with Crippen LogP contribution in [0.2, 0.25) is 0 Å². The van der Waals surface area contributed by atoms with Crippen LogP contribution in [0.4, 0.5) is 0 Å². The Balaban J connectivity index is 1.12. The van der Waals surface area contributed by atoms with Crippen LogP contribution in [0.25, 0.3) is 0 Å². The van der Waals surface area contributed by atoms with E-state index < -0.39 is 12.0 Å². The summed E-state index contributed by atoms with van der Waals surface area (Å²) in [5.74, 6) is 0.564. The van der Waals surface area contributed by atoms with Gasteiger partial charge in [-0.1, -0.05) is 60.7 Å². The number of hydrogen-bond donors (Lipinski definition) is 1. The quantitative estimate of drug-likeness (QED) is 0.389. The Morgan fingerprint density at radius 2 is 1.60 bits per heavy atom. The van der Waals surface area contributed by atoms with E-state index in [0.29, 0.717) is 30.6 Å². The second-order valence-electron chi connectivity index (χ2n) is 11.7. The van der Waals surface area contributed by atoms with Gasteiger partial charge in [0.25, 0.3) is 0 Å². The smallest absolute Gasteiger partial charge is 0.322 e. The van der Waals surface area contributed by atoms with Gasteiger partial charge >= 0.3 is 11.9 Å². The molecular weight excluding hydrogens is 506 g/mol. The van der Waals surface area contributed by atoms with Crippen LogP contribution in [-0.4, -0.2) is 44.1 Å². The maximum atomic E-state index is 13.7. The van der Waals surface area contributed by atoms with E-state index in [1.165, 1.54) is 29.4 Å². The summed E-state index contributed by atoms with van der Waals surface area (Å²) in [6.45, 7) is 0.660. The third kappa shape index (κ3) is 3.61. The van der Waals surface area contributed by atoms with Crippen molar-refractivity contribution in [2.75, 3.05) is 13.7 Å². The van der Waals surface area contributed by atoms with Gasteiger partial charge in [-0.3, -0.25) is 14.9 Å². The van der Waals surface area contributed by atoms with Crippen molar-refractivity contribution in [2.24, 2.45) is 17.8 Å². The van der Waals surface area contributed by atoms with E-state index >= 15 is 0 Å². The molecule has 3 saturated heterocycles. The summed E-state index contributed by atoms with van der Waals surface area (Å²) in [4.78, 5) is 26.0. The fraction of sp³-hybridized carbons (Fsp3) is 0.394. The second kappa shape index (κ2) is 9.26. The summed E-state index contributed by atoms with van der Waals surface area (Å²) in [6, 6.07) is 23.7. The molecule has 7 nitrogen and oxygen atoms in total. The zero-order valence-corrected chi connectivity index (χ0v) is 22.2. The average Bonchev–Trinajstić information content (AvgIpc) is 3.61. The standard InChI is InChI=1S/C33H31NO6/c1-37-33(36)25-14-24(31(34-25)17-7-3-2-4-8-17)32(35)39-18-11-12-21-22(13-18)28-19-9-5-6-10-20(19)29(21)30-23(28)15-27-38-16-26(30)40-27/h2-13,23-31,34H,14-16H2,1H3/t23?,24-,25-,26?,27+,28?,29?,30?,31-/m1/s1. The van der Waals surface area contributed by atoms with Crippen LogP contribution < -0.4 is 10.1 Å². The Kier molecular flexibility index (Phi) is 5.63. The highest BCUT2D eigenvalue weighted by Crippen LogP contribution is 2.63. The molecule has 5 unspecified atom stereocenters. The molecule has 9 rings (SSSR count). The fourth-order valence-electron chi connectivity index (χ4n) is 8.24. The van der Waals surface area contributed by atoms with Crippen molar-refractivity contribution in [1.82, 2.24) is 5.32 Å². The van der Waals surface area contributed by atoms with E-state index in [0.717, 1.165) is 12.0 Å². The monoisotopic (exact) mass is 537 g/mol. The summed E-state index contributed by atoms with van der Waals surface area (Å²) in [5.41, 5.74) is 6.24. The Morgan fingerprint density at radius 3 is 2.40 bits per heavy atom. The minimum Gasteiger partial charge on any atom is -0.468 e. The molecule has 0 amide bonds. The molecule has 9 atom stereocenters. The number of nitrogens with one attached hydrogen (secondary N) is 1. The molecule has 0 aromatic heterocycles. The zero-order valence-electron chi connectivity index (χ0n) is 22.2. The molecule has 0 radical (unpaired) electrons. The maximum absolute atomic E-state index is 13.7. The highest BCUT2D eigenvalue weighted by atomic mass is 16.7. The van der Waals surface area contributed by atoms with Crippen LogP contribution in [0.15, 0.2) is 72.8 Å². The number of benzene rings is 3. The van der Waals surface area contributed by atoms with E-state index in [9.17, 15) is 9.59 Å². The number of carbonyl (C=O) groups excluding carboxylic acids is 2. The van der Waals surface area contributed by atoms with Gasteiger partial charge in [-0.25, -0.2) is 0 Å². The van der Waals surface area contributed by atoms with Gasteiger partial charge in [-0.15, -0.1) is 0 Å². The molecule has 3 aromatic carbocycles. The SMILES string of the molecule is COC(=O)[C@H]1C[C@@H](C(=O)Oc2ccc3c(c2)C2c4ccccc4C3C3C4CO[C@H](CC23)O4)[C@@H](c2ccccc2)N1. The molecule has 3 fully saturated rings. The normalized spacial score (nSPS) is 34.5. The first-order valence-electron chi connectivity index (χ1n) is 14.2. The summed E-state index contributed by atoms with van der Waals surface area (Å²) in [6.07, 6.45) is 1.18. The Bertz CT molecular complexity index is 1490. The number of methoxy groups -OCH3 is 1. The molecule has 3 aliphatic carbocycles. The van der Waals surface area contributed by atoms with Crippen molar-refractivity contribution in [3.63, 3.8) is 0 Å². The maximum Gasteiger partial charge on any atom is 0.322 e. The topological polar surface area (TPSA) is 83.1 Å². The molecule has 1 N–H and O–H groups in total. The van der Waals surface area contributed by atoms with E-state index in [1.807, 2.05) is 36.4 Å². The average molecular weight is 538 g/mol. The van der Waals surface area contributed by atoms with Crippen LogP contribution in [0.1, 0.15) is 58.5 Å². The predicted molar refractivity (Wildman–Crippen MR) is 145 cm³/mol. The lowest BCUT2D eigenvalue weighted by atomic mass is 9.52. The van der Waals surface area contributed by atoms with E-state index in [-0.39, 0.29) is 42.2 Å². The second-order valence-corrected chi connectivity index (χ2v) is 11.7. The molecule has 0 spiro atoms. The van der Waals surface area contributed by atoms with Gasteiger partial charge in [-0.2, -0.15) is 0 Å². The Labute approximate surface area is 232 Å². The van der Waals surface area contributed by atoms with Gasteiger partial charge in [0.1, 0.15) is 11.8 Å². The summed E-state index contributed by atoms with van der Waals surface area (Å²) in [5, 5.41) is 3.30. The summed E-state index contributed by atoms with van der Waals surface area (Å²) in [7, 11) is 1.37. The number of rotatable bonds is 4. The third-order valence-electron chi connectivity index (χ3n) is 9.81. The molecular formula is C33H31NO6. The minimum absolute atomic E-state index is 0.114. The molecule has 7 heteroatoms. The lowest BCUT2D eigenvalue weighted by molar-refractivity contribution is -0.143. The number of ether oxygens (including phenoxy) is 4. The van der Waals surface area contributed by atoms with Gasteiger partial charge in [0.2, 0.25) is 0 Å². The number of hydrogen-bond acceptors (Lipinski definition) is 7. The number of fused-ring (bicyclic) bond motifs is 2. The molecule has 3 aromatic rings. The first-order valence-corrected chi connectivity index (χ1v) is 14.2. The molecule has 0 saturated carbocycles. The van der Waals surface area contributed by atoms with Crippen LogP contribution in [0.3, 0.4) is 0 Å². The fourth-order valence-corrected chi connectivity index (χ4v) is 8.24. The zero-order chi connectivity index (χ0) is 27.0. The van der Waals surface area contributed by atoms with Crippen molar-refractivity contribution >= 4 is 11.9 Å². The molecule has 6 aliphatic rings. The van der Waals surface area contributed by atoms with Crippen LogP contribution in [0, 0.1) is 17.8 Å². The molecule has 204 valence electrons. The number of esters is 2. The van der Waals surface area contributed by atoms with Crippen LogP contribution in [-0.2, 0) is 23.8 Å². The van der Waals surface area contributed by atoms with Crippen molar-refractivity contribution in [2.45, 2.75) is 49.2 Å². The molecule has 3 heterocycles. The highest BCUT2D eigenvalue weighted by molar-refractivity contribution is 5.82. The Morgan fingerprint density at radius 1 is 0.850 bits per heavy atom. The van der Waals surface area contributed by atoms with E-state index in [1.54, 1.807) is 0 Å². The highest BCUT2D eigenvalue weighted by Gasteiger charge is 2.57. The third-order valence-corrected chi connectivity index (χ3v) is 9.81. The largest absolute Gasteiger partial charge is 0.468 e. The molecule has 40 heavy (non-hydrogen) atoms. The molecule has 4 bridgehead atoms. The van der Waals surface area contributed by atoms with Gasteiger partial charge < -0.3 is 18.9 Å². The molecule has 3 aliphatic heterocycles. The van der Waals surface area contributed by atoms with Gasteiger partial charge in [0, 0.05) is 30.2 Å². The summed E-state index contributed by atoms with van der Waals surface area (Å²) >= 11 is 0. The van der Waals surface area contributed by atoms with Crippen LogP contribution >= 0.6 is 0 Å². The van der Waals surface area contributed by atoms with Crippen molar-refractivity contribution < 1.29 is 28.5 Å². The van der Waals surface area contributed by atoms with Crippen molar-refractivity contribution in [3.8, 4) is 5.75 Å². The van der Waals surface area contributed by atoms with Crippen molar-refractivity contribution in [3.05, 3.63) is 101 Å². The van der Waals surface area contributed by atoms with Crippen LogP contribution in [0.5, 0.6) is 5.75 Å². The van der Waals surface area contributed by atoms with Gasteiger partial charge in [0.05, 0.1) is 25.7 Å². The predicted octanol–water partition coefficient (Wildman–Crippen LogP) is 4.45. The lowest BCUT2D eigenvalue weighted by Gasteiger charge is -2.54. The number of carbonyl (C=O) groups is 2. The van der Waals surface area contributed by atoms with E-state index in [4.69, 9.17) is 18.9 Å². The minimum atomic E-state index is -0.563. The van der Waals surface area contributed by atoms with E-state index in [2.05, 4.69) is 41.7 Å². The van der Waals surface area contributed by atoms with Crippen molar-refractivity contribution in [1.29, 1.82) is 0 Å². The summed E-state index contributed by atoms with van der Waals surface area (Å²) < 4.78 is 23.3.